The lowest BCUT2D eigenvalue weighted by molar-refractivity contribution is 0.00151. The molecule has 1 N–H and O–H groups in total. The Bertz CT molecular complexity index is 1600. The van der Waals surface area contributed by atoms with Crippen molar-refractivity contribution in [1.82, 2.24) is 19.8 Å². The van der Waals surface area contributed by atoms with Gasteiger partial charge in [0, 0.05) is 49.5 Å². The van der Waals surface area contributed by atoms with Gasteiger partial charge < -0.3 is 19.3 Å². The van der Waals surface area contributed by atoms with E-state index >= 15 is 0 Å². The molecule has 10 nitrogen and oxygen atoms in total. The number of carbonyl (C=O) groups is 1. The molecule has 4 bridgehead atoms. The predicted molar refractivity (Wildman–Crippen MR) is 175 cm³/mol. The van der Waals surface area contributed by atoms with Crippen LogP contribution >= 0.6 is 0 Å². The van der Waals surface area contributed by atoms with E-state index in [-0.39, 0.29) is 47.2 Å². The minimum atomic E-state index is -4.11. The molecule has 0 spiro atoms. The Kier molecular flexibility index (Phi) is 10.1. The molecular weight excluding hydrogens is 590 g/mol. The lowest BCUT2D eigenvalue weighted by Crippen LogP contribution is -2.59. The van der Waals surface area contributed by atoms with Crippen LogP contribution in [0.25, 0.3) is 11.3 Å². The Balaban J connectivity index is 1.56. The summed E-state index contributed by atoms with van der Waals surface area (Å²) in [5, 5.41) is 0. The standard InChI is InChI=1S/C34H45N5O5S/c1-22(2)16-28-21-44-31-20-30(32-23(3)10-7-11-24(32)4)35-34(36-31)37-45(41,42)29-13-8-12-25(17-29)33(40)39(28)27-18-26(19-27)38(5)14-9-15-43-6/h7-8,10-13,17,20,22,26-28H,9,14-16,18-19,21H2,1-6H3,(H,35,36,37)/t26-,27-,28-/m1/s1. The summed E-state index contributed by atoms with van der Waals surface area (Å²) >= 11 is 0. The Labute approximate surface area is 267 Å². The van der Waals surface area contributed by atoms with E-state index in [1.165, 1.54) is 12.1 Å². The quantitative estimate of drug-likeness (QED) is 0.315. The molecular formula is C34H45N5O5S. The zero-order valence-electron chi connectivity index (χ0n) is 27.1. The number of ether oxygens (including phenoxy) is 2. The molecule has 1 atom stereocenters. The molecule has 45 heavy (non-hydrogen) atoms. The van der Waals surface area contributed by atoms with Crippen molar-refractivity contribution in [3.8, 4) is 17.1 Å². The maximum absolute atomic E-state index is 14.3. The average molecular weight is 636 g/mol. The van der Waals surface area contributed by atoms with E-state index in [4.69, 9.17) is 9.47 Å². The smallest absolute Gasteiger partial charge is 0.264 e. The van der Waals surface area contributed by atoms with Crippen LogP contribution in [-0.4, -0.2) is 86.1 Å². The number of fused-ring (bicyclic) bond motifs is 4. The fraction of sp³-hybridized carbons (Fsp3) is 0.500. The number of benzene rings is 2. The molecule has 2 aromatic carbocycles. The van der Waals surface area contributed by atoms with Gasteiger partial charge in [0.2, 0.25) is 11.8 Å². The maximum Gasteiger partial charge on any atom is 0.264 e. The minimum Gasteiger partial charge on any atom is -0.475 e. The molecule has 1 amide bonds. The van der Waals surface area contributed by atoms with Gasteiger partial charge in [-0.3, -0.25) is 4.79 Å². The highest BCUT2D eigenvalue weighted by atomic mass is 32.2. The number of amides is 1. The molecule has 2 heterocycles. The monoisotopic (exact) mass is 635 g/mol. The molecule has 242 valence electrons. The van der Waals surface area contributed by atoms with Gasteiger partial charge in [-0.25, -0.2) is 18.1 Å². The van der Waals surface area contributed by atoms with E-state index in [9.17, 15) is 13.2 Å². The second-order valence-electron chi connectivity index (χ2n) is 12.7. The zero-order valence-corrected chi connectivity index (χ0v) is 27.9. The molecule has 1 fully saturated rings. The van der Waals surface area contributed by atoms with Crippen LogP contribution in [0, 0.1) is 19.8 Å². The van der Waals surface area contributed by atoms with Crippen molar-refractivity contribution < 1.29 is 22.7 Å². The second-order valence-corrected chi connectivity index (χ2v) is 14.4. The Morgan fingerprint density at radius 1 is 1.09 bits per heavy atom. The van der Waals surface area contributed by atoms with Gasteiger partial charge in [0.25, 0.3) is 15.9 Å². The van der Waals surface area contributed by atoms with E-state index in [1.54, 1.807) is 25.3 Å². The number of hydrogen-bond donors (Lipinski definition) is 1. The lowest BCUT2D eigenvalue weighted by atomic mass is 9.82. The topological polar surface area (TPSA) is 114 Å². The van der Waals surface area contributed by atoms with Crippen molar-refractivity contribution in [2.45, 2.75) is 76.4 Å². The number of nitrogens with one attached hydrogen (secondary N) is 1. The van der Waals surface area contributed by atoms with Crippen molar-refractivity contribution in [2.24, 2.45) is 5.92 Å². The van der Waals surface area contributed by atoms with Gasteiger partial charge in [-0.2, -0.15) is 4.98 Å². The summed E-state index contributed by atoms with van der Waals surface area (Å²) in [5.41, 5.74) is 3.78. The number of methoxy groups -OCH3 is 1. The number of sulfonamides is 1. The fourth-order valence-corrected chi connectivity index (χ4v) is 7.41. The third-order valence-electron chi connectivity index (χ3n) is 8.82. The van der Waals surface area contributed by atoms with Gasteiger partial charge in [0.1, 0.15) is 6.61 Å². The maximum atomic E-state index is 14.3. The molecule has 1 saturated carbocycles. The number of hydrogen-bond acceptors (Lipinski definition) is 8. The molecule has 1 aromatic heterocycles. The zero-order chi connectivity index (χ0) is 32.3. The fourth-order valence-electron chi connectivity index (χ4n) is 6.42. The second kappa shape index (κ2) is 13.8. The first kappa shape index (κ1) is 32.8. The van der Waals surface area contributed by atoms with Crippen molar-refractivity contribution in [3.05, 3.63) is 65.2 Å². The molecule has 1 aliphatic heterocycles. The third-order valence-corrected chi connectivity index (χ3v) is 10.1. The SMILES string of the molecule is COCCCN(C)[C@H]1C[C@H](N2C(=O)c3cccc(c3)S(=O)(=O)Nc3nc(cc(-c4c(C)cccc4C)n3)OC[C@H]2CC(C)C)C1. The number of anilines is 1. The van der Waals surface area contributed by atoms with Gasteiger partial charge in [0.15, 0.2) is 0 Å². The largest absolute Gasteiger partial charge is 0.475 e. The Hall–Kier alpha value is -3.54. The third kappa shape index (κ3) is 7.48. The van der Waals surface area contributed by atoms with Crippen molar-refractivity contribution in [3.63, 3.8) is 0 Å². The summed E-state index contributed by atoms with van der Waals surface area (Å²) in [4.78, 5) is 27.7. The summed E-state index contributed by atoms with van der Waals surface area (Å²) in [5.74, 6) is 0.255. The molecule has 0 saturated heterocycles. The summed E-state index contributed by atoms with van der Waals surface area (Å²) in [6.07, 6.45) is 3.32. The summed E-state index contributed by atoms with van der Waals surface area (Å²) < 4.78 is 41.4. The first-order valence-electron chi connectivity index (χ1n) is 15.7. The molecule has 2 aliphatic rings. The highest BCUT2D eigenvalue weighted by Crippen LogP contribution is 2.35. The number of aromatic nitrogens is 2. The number of nitrogens with zero attached hydrogens (tertiary/aromatic N) is 4. The number of rotatable bonds is 9. The average Bonchev–Trinajstić information content (AvgIpc) is 2.96. The van der Waals surface area contributed by atoms with Gasteiger partial charge in [0.05, 0.1) is 16.6 Å². The van der Waals surface area contributed by atoms with E-state index in [2.05, 4.69) is 40.5 Å². The Morgan fingerprint density at radius 3 is 2.49 bits per heavy atom. The van der Waals surface area contributed by atoms with Crippen LogP contribution in [0.5, 0.6) is 5.88 Å². The normalized spacial score (nSPS) is 21.3. The lowest BCUT2D eigenvalue weighted by Gasteiger charge is -2.49. The highest BCUT2D eigenvalue weighted by Gasteiger charge is 2.42. The molecule has 3 aromatic rings. The van der Waals surface area contributed by atoms with Gasteiger partial charge in [-0.05, 0) is 81.8 Å². The first-order chi connectivity index (χ1) is 21.5. The molecule has 0 radical (unpaired) electrons. The van der Waals surface area contributed by atoms with Crippen LogP contribution in [0.3, 0.4) is 0 Å². The van der Waals surface area contributed by atoms with Crippen LogP contribution in [0.4, 0.5) is 5.95 Å². The van der Waals surface area contributed by atoms with E-state index in [0.29, 0.717) is 30.3 Å². The number of carbonyl (C=O) groups excluding carboxylic acids is 1. The van der Waals surface area contributed by atoms with E-state index in [1.807, 2.05) is 36.9 Å². The minimum absolute atomic E-state index is 0.00520. The van der Waals surface area contributed by atoms with E-state index < -0.39 is 10.0 Å². The molecule has 5 rings (SSSR count). The first-order valence-corrected chi connectivity index (χ1v) is 17.2. The number of aryl methyl sites for hydroxylation is 2. The molecule has 0 unspecified atom stereocenters. The van der Waals surface area contributed by atoms with Crippen molar-refractivity contribution in [1.29, 1.82) is 0 Å². The molecule has 1 aliphatic carbocycles. The van der Waals surface area contributed by atoms with Crippen LogP contribution in [0.1, 0.15) is 61.0 Å². The summed E-state index contributed by atoms with van der Waals surface area (Å²) in [7, 11) is -0.281. The van der Waals surface area contributed by atoms with E-state index in [0.717, 1.165) is 42.5 Å². The predicted octanol–water partition coefficient (Wildman–Crippen LogP) is 5.31. The van der Waals surface area contributed by atoms with Crippen LogP contribution in [0.15, 0.2) is 53.4 Å². The van der Waals surface area contributed by atoms with Crippen LogP contribution < -0.4 is 9.46 Å². The van der Waals surface area contributed by atoms with Gasteiger partial charge in [-0.15, -0.1) is 0 Å². The summed E-state index contributed by atoms with van der Waals surface area (Å²) in [6.45, 7) is 10.1. The summed E-state index contributed by atoms with van der Waals surface area (Å²) in [6, 6.07) is 14.0. The highest BCUT2D eigenvalue weighted by molar-refractivity contribution is 7.92. The van der Waals surface area contributed by atoms with Crippen molar-refractivity contribution >= 4 is 21.9 Å². The van der Waals surface area contributed by atoms with Crippen molar-refractivity contribution in [2.75, 3.05) is 38.6 Å². The van der Waals surface area contributed by atoms with Crippen LogP contribution in [0.2, 0.25) is 0 Å². The molecule has 11 heteroatoms. The van der Waals surface area contributed by atoms with Gasteiger partial charge >= 0.3 is 0 Å². The Morgan fingerprint density at radius 2 is 1.80 bits per heavy atom. The van der Waals surface area contributed by atoms with Crippen LogP contribution in [-0.2, 0) is 14.8 Å². The van der Waals surface area contributed by atoms with Gasteiger partial charge in [-0.1, -0.05) is 38.1 Å².